The van der Waals surface area contributed by atoms with Crippen molar-refractivity contribution in [1.29, 1.82) is 0 Å². The van der Waals surface area contributed by atoms with Gasteiger partial charge < -0.3 is 19.7 Å². The molecule has 0 radical (unpaired) electrons. The van der Waals surface area contributed by atoms with E-state index >= 15 is 0 Å². The van der Waals surface area contributed by atoms with Crippen LogP contribution in [0.4, 0.5) is 0 Å². The number of methoxy groups -OCH3 is 1. The van der Waals surface area contributed by atoms with E-state index in [0.29, 0.717) is 50.0 Å². The first-order valence-electron chi connectivity index (χ1n) is 10.7. The third-order valence-corrected chi connectivity index (χ3v) is 5.36. The summed E-state index contributed by atoms with van der Waals surface area (Å²) in [5.74, 6) is 1.29. The molecule has 2 atom stereocenters. The summed E-state index contributed by atoms with van der Waals surface area (Å²) in [5, 5.41) is 2.99. The number of benzene rings is 1. The highest BCUT2D eigenvalue weighted by Gasteiger charge is 2.40. The van der Waals surface area contributed by atoms with Crippen molar-refractivity contribution in [1.82, 2.24) is 15.2 Å². The van der Waals surface area contributed by atoms with Crippen molar-refractivity contribution < 1.29 is 19.1 Å². The molecule has 3 rings (SSSR count). The van der Waals surface area contributed by atoms with Crippen molar-refractivity contribution in [3.8, 4) is 11.5 Å². The van der Waals surface area contributed by atoms with Crippen LogP contribution >= 0.6 is 0 Å². The van der Waals surface area contributed by atoms with Crippen LogP contribution in [-0.2, 0) is 9.59 Å². The first kappa shape index (κ1) is 22.6. The van der Waals surface area contributed by atoms with E-state index in [4.69, 9.17) is 9.47 Å². The molecule has 0 unspecified atom stereocenters. The second-order valence-electron chi connectivity index (χ2n) is 8.11. The molecule has 1 saturated heterocycles. The van der Waals surface area contributed by atoms with Crippen LogP contribution in [0, 0.1) is 11.8 Å². The Morgan fingerprint density at radius 1 is 1.23 bits per heavy atom. The summed E-state index contributed by atoms with van der Waals surface area (Å²) in [5.41, 5.74) is 0.890. The van der Waals surface area contributed by atoms with Gasteiger partial charge in [-0.15, -0.1) is 0 Å². The van der Waals surface area contributed by atoms with Crippen molar-refractivity contribution in [3.05, 3.63) is 54.4 Å². The number of carbonyl (C=O) groups excluding carboxylic acids is 2. The Hall–Kier alpha value is -3.09. The number of nitrogens with one attached hydrogen (secondary N) is 1. The number of amides is 2. The van der Waals surface area contributed by atoms with E-state index < -0.39 is 0 Å². The number of nitrogens with zero attached hydrogens (tertiary/aromatic N) is 2. The zero-order chi connectivity index (χ0) is 22.2. The highest BCUT2D eigenvalue weighted by Crippen LogP contribution is 2.37. The minimum Gasteiger partial charge on any atom is -0.493 e. The maximum Gasteiger partial charge on any atom is 0.225 e. The molecule has 0 saturated carbocycles. The molecule has 0 aliphatic carbocycles. The third-order valence-electron chi connectivity index (χ3n) is 5.36. The molecule has 2 aromatic rings. The van der Waals surface area contributed by atoms with Gasteiger partial charge in [0.05, 0.1) is 25.6 Å². The number of likely N-dealkylation sites (tertiary alicyclic amines) is 1. The monoisotopic (exact) mass is 425 g/mol. The zero-order valence-electron chi connectivity index (χ0n) is 18.4. The summed E-state index contributed by atoms with van der Waals surface area (Å²) in [6, 6.07) is 10.9. The minimum atomic E-state index is -0.327. The van der Waals surface area contributed by atoms with Crippen molar-refractivity contribution in [2.75, 3.05) is 26.8 Å². The lowest BCUT2D eigenvalue weighted by molar-refractivity contribution is -0.144. The number of aromatic nitrogens is 1. The summed E-state index contributed by atoms with van der Waals surface area (Å²) in [7, 11) is 1.59. The van der Waals surface area contributed by atoms with Gasteiger partial charge >= 0.3 is 0 Å². The van der Waals surface area contributed by atoms with Gasteiger partial charge in [0, 0.05) is 25.4 Å². The Kier molecular flexibility index (Phi) is 7.87. The molecule has 7 nitrogen and oxygen atoms in total. The Morgan fingerprint density at radius 3 is 2.68 bits per heavy atom. The smallest absolute Gasteiger partial charge is 0.225 e. The lowest BCUT2D eigenvalue weighted by Gasteiger charge is -2.41. The number of pyridine rings is 1. The van der Waals surface area contributed by atoms with Gasteiger partial charge in [0.2, 0.25) is 11.8 Å². The fourth-order valence-electron chi connectivity index (χ4n) is 4.00. The second-order valence-corrected chi connectivity index (χ2v) is 8.11. The molecule has 0 spiro atoms. The normalized spacial score (nSPS) is 18.7. The number of carbonyl (C=O) groups is 2. The SMILES string of the molecule is COc1ccccc1OCCNC(=O)[C@@H]1CCC(=O)N(CC(C)C)[C@H]1c1cccnc1. The molecule has 7 heteroatoms. The standard InChI is InChI=1S/C24H31N3O4/c1-17(2)16-27-22(28)11-10-19(23(27)18-7-6-12-25-15-18)24(29)26-13-14-31-21-9-5-4-8-20(21)30-3/h4-9,12,15,17,19,23H,10-11,13-14,16H2,1-3H3,(H,26,29)/t19-,23+/m1/s1. The maximum absolute atomic E-state index is 13.1. The van der Waals surface area contributed by atoms with Crippen molar-refractivity contribution in [2.24, 2.45) is 11.8 Å². The van der Waals surface area contributed by atoms with Gasteiger partial charge in [0.15, 0.2) is 11.5 Å². The number of hydrogen-bond donors (Lipinski definition) is 1. The van der Waals surface area contributed by atoms with Gasteiger partial charge in [-0.25, -0.2) is 0 Å². The molecule has 1 aliphatic heterocycles. The van der Waals surface area contributed by atoms with E-state index in [9.17, 15) is 9.59 Å². The largest absolute Gasteiger partial charge is 0.493 e. The van der Waals surface area contributed by atoms with Crippen molar-refractivity contribution in [3.63, 3.8) is 0 Å². The van der Waals surface area contributed by atoms with Crippen LogP contribution in [0.1, 0.15) is 38.3 Å². The predicted octanol–water partition coefficient (Wildman–Crippen LogP) is 3.22. The van der Waals surface area contributed by atoms with E-state index in [1.54, 1.807) is 19.5 Å². The Bertz CT molecular complexity index is 872. The summed E-state index contributed by atoms with van der Waals surface area (Å²) < 4.78 is 11.0. The average molecular weight is 426 g/mol. The molecule has 1 aromatic heterocycles. The van der Waals surface area contributed by atoms with Crippen LogP contribution in [0.2, 0.25) is 0 Å². The second kappa shape index (κ2) is 10.8. The highest BCUT2D eigenvalue weighted by molar-refractivity contribution is 5.85. The van der Waals surface area contributed by atoms with E-state index in [1.807, 2.05) is 41.3 Å². The van der Waals surface area contributed by atoms with E-state index in [0.717, 1.165) is 5.56 Å². The number of piperidine rings is 1. The number of hydrogen-bond acceptors (Lipinski definition) is 5. The molecule has 31 heavy (non-hydrogen) atoms. The van der Waals surface area contributed by atoms with E-state index in [-0.39, 0.29) is 23.8 Å². The minimum absolute atomic E-state index is 0.0706. The Labute approximate surface area is 183 Å². The van der Waals surface area contributed by atoms with Crippen LogP contribution in [0.15, 0.2) is 48.8 Å². The molecule has 1 fully saturated rings. The average Bonchev–Trinajstić information content (AvgIpc) is 2.78. The lowest BCUT2D eigenvalue weighted by Crippen LogP contribution is -2.49. The molecule has 2 amide bonds. The molecular formula is C24H31N3O4. The fourth-order valence-corrected chi connectivity index (χ4v) is 4.00. The van der Waals surface area contributed by atoms with Gasteiger partial charge in [0.25, 0.3) is 0 Å². The summed E-state index contributed by atoms with van der Waals surface area (Å²) in [6.07, 6.45) is 4.35. The van der Waals surface area contributed by atoms with Crippen LogP contribution in [-0.4, -0.2) is 48.5 Å². The Balaban J connectivity index is 1.67. The molecule has 1 aromatic carbocycles. The molecule has 1 aliphatic rings. The lowest BCUT2D eigenvalue weighted by atomic mass is 9.83. The number of rotatable bonds is 9. The van der Waals surface area contributed by atoms with Gasteiger partial charge in [-0.2, -0.15) is 0 Å². The first-order chi connectivity index (χ1) is 15.0. The quantitative estimate of drug-likeness (QED) is 0.624. The van der Waals surface area contributed by atoms with Gasteiger partial charge in [0.1, 0.15) is 6.61 Å². The Morgan fingerprint density at radius 2 is 2.00 bits per heavy atom. The van der Waals surface area contributed by atoms with Crippen molar-refractivity contribution >= 4 is 11.8 Å². The first-order valence-corrected chi connectivity index (χ1v) is 10.7. The van der Waals surface area contributed by atoms with Crippen LogP contribution in [0.5, 0.6) is 11.5 Å². The summed E-state index contributed by atoms with van der Waals surface area (Å²) in [6.45, 7) is 5.45. The number of ether oxygens (including phenoxy) is 2. The third kappa shape index (κ3) is 5.75. The predicted molar refractivity (Wildman–Crippen MR) is 118 cm³/mol. The molecule has 166 valence electrons. The van der Waals surface area contributed by atoms with Gasteiger partial charge in [-0.05, 0) is 36.1 Å². The van der Waals surface area contributed by atoms with Crippen molar-refractivity contribution in [2.45, 2.75) is 32.7 Å². The molecule has 0 bridgehead atoms. The summed E-state index contributed by atoms with van der Waals surface area (Å²) in [4.78, 5) is 31.9. The fraction of sp³-hybridized carbons (Fsp3) is 0.458. The molecular weight excluding hydrogens is 394 g/mol. The number of para-hydroxylation sites is 2. The van der Waals surface area contributed by atoms with Gasteiger partial charge in [-0.1, -0.05) is 32.0 Å². The van der Waals surface area contributed by atoms with Gasteiger partial charge in [-0.3, -0.25) is 14.6 Å². The zero-order valence-corrected chi connectivity index (χ0v) is 18.4. The summed E-state index contributed by atoms with van der Waals surface area (Å²) >= 11 is 0. The van der Waals surface area contributed by atoms with Crippen LogP contribution in [0.3, 0.4) is 0 Å². The molecule has 2 heterocycles. The highest BCUT2D eigenvalue weighted by atomic mass is 16.5. The molecule has 1 N–H and O–H groups in total. The van der Waals surface area contributed by atoms with Crippen LogP contribution in [0.25, 0.3) is 0 Å². The maximum atomic E-state index is 13.1. The van der Waals surface area contributed by atoms with E-state index in [2.05, 4.69) is 24.1 Å². The van der Waals surface area contributed by atoms with Crippen LogP contribution < -0.4 is 14.8 Å². The topological polar surface area (TPSA) is 80.8 Å². The van der Waals surface area contributed by atoms with E-state index in [1.165, 1.54) is 0 Å².